The number of ether oxygens (including phenoxy) is 1. The molecule has 7 nitrogen and oxygen atoms in total. The van der Waals surface area contributed by atoms with E-state index in [-0.39, 0.29) is 22.7 Å². The summed E-state index contributed by atoms with van der Waals surface area (Å²) < 4.78 is 33.2. The van der Waals surface area contributed by atoms with Crippen molar-refractivity contribution in [1.82, 2.24) is 10.0 Å². The van der Waals surface area contributed by atoms with Crippen LogP contribution in [0, 0.1) is 0 Å². The Labute approximate surface area is 192 Å². The second kappa shape index (κ2) is 10.9. The molecule has 0 saturated heterocycles. The van der Waals surface area contributed by atoms with Gasteiger partial charge in [0, 0.05) is 16.8 Å². The lowest BCUT2D eigenvalue weighted by molar-refractivity contribution is -0.121. The van der Waals surface area contributed by atoms with Crippen LogP contribution in [0.1, 0.15) is 32.1 Å². The van der Waals surface area contributed by atoms with Gasteiger partial charge in [0.25, 0.3) is 5.91 Å². The van der Waals surface area contributed by atoms with Crippen molar-refractivity contribution in [2.45, 2.75) is 43.0 Å². The van der Waals surface area contributed by atoms with Crippen LogP contribution in [0.25, 0.3) is 0 Å². The minimum absolute atomic E-state index is 0.00515. The highest BCUT2D eigenvalue weighted by atomic mass is 35.5. The molecule has 0 bridgehead atoms. The first kappa shape index (κ1) is 23.5. The molecule has 2 aromatic rings. The third kappa shape index (κ3) is 7.46. The predicted molar refractivity (Wildman–Crippen MR) is 125 cm³/mol. The summed E-state index contributed by atoms with van der Waals surface area (Å²) in [6.45, 7) is -0.215. The zero-order chi connectivity index (χ0) is 22.3. The summed E-state index contributed by atoms with van der Waals surface area (Å²) in [6, 6.07) is 12.8. The topological polar surface area (TPSA) is 96.5 Å². The molecule has 0 unspecified atom stereocenters. The summed E-state index contributed by atoms with van der Waals surface area (Å²) in [7, 11) is -3.57. The van der Waals surface area contributed by atoms with Crippen LogP contribution in [0.2, 0.25) is 5.02 Å². The van der Waals surface area contributed by atoms with Crippen LogP contribution in [-0.2, 0) is 14.8 Å². The van der Waals surface area contributed by atoms with Gasteiger partial charge in [-0.3, -0.25) is 10.1 Å². The Hall–Kier alpha value is -2.20. The fourth-order valence-electron chi connectivity index (χ4n) is 3.23. The van der Waals surface area contributed by atoms with Crippen molar-refractivity contribution in [2.75, 3.05) is 11.9 Å². The summed E-state index contributed by atoms with van der Waals surface area (Å²) in [5.41, 5.74) is 0.556. The molecule has 0 radical (unpaired) electrons. The van der Waals surface area contributed by atoms with Gasteiger partial charge in [-0.25, -0.2) is 13.1 Å². The second-order valence-electron chi connectivity index (χ2n) is 7.23. The van der Waals surface area contributed by atoms with E-state index in [1.165, 1.54) is 12.1 Å². The Morgan fingerprint density at radius 2 is 1.68 bits per heavy atom. The average Bonchev–Trinajstić information content (AvgIpc) is 2.74. The van der Waals surface area contributed by atoms with Crippen molar-refractivity contribution in [3.05, 3.63) is 53.6 Å². The normalized spacial score (nSPS) is 14.6. The summed E-state index contributed by atoms with van der Waals surface area (Å²) >= 11 is 10.9. The second-order valence-corrected chi connectivity index (χ2v) is 9.78. The number of sulfonamides is 1. The number of halogens is 1. The van der Waals surface area contributed by atoms with Crippen LogP contribution in [0.15, 0.2) is 53.4 Å². The molecular formula is C21H24ClN3O4S2. The zero-order valence-corrected chi connectivity index (χ0v) is 19.2. The molecule has 3 N–H and O–H groups in total. The number of hydrogen-bond acceptors (Lipinski definition) is 5. The van der Waals surface area contributed by atoms with Crippen LogP contribution in [-0.4, -0.2) is 32.1 Å². The van der Waals surface area contributed by atoms with Gasteiger partial charge < -0.3 is 10.1 Å². The highest BCUT2D eigenvalue weighted by Gasteiger charge is 2.21. The van der Waals surface area contributed by atoms with E-state index in [2.05, 4.69) is 15.4 Å². The third-order valence-electron chi connectivity index (χ3n) is 4.79. The lowest BCUT2D eigenvalue weighted by Crippen LogP contribution is -2.37. The van der Waals surface area contributed by atoms with E-state index in [9.17, 15) is 13.2 Å². The molecule has 3 rings (SSSR count). The molecular weight excluding hydrogens is 458 g/mol. The number of rotatable bonds is 7. The molecule has 1 aliphatic carbocycles. The SMILES string of the molecule is O=C(COc1ccc(Cl)cc1)NC(=S)Nc1ccc(S(=O)(=O)NC2CCCCC2)cc1. The molecule has 0 heterocycles. The Balaban J connectivity index is 1.47. The number of carbonyl (C=O) groups excluding carboxylic acids is 1. The van der Waals surface area contributed by atoms with Crippen molar-refractivity contribution in [2.24, 2.45) is 0 Å². The van der Waals surface area contributed by atoms with Gasteiger partial charge in [-0.05, 0) is 73.6 Å². The van der Waals surface area contributed by atoms with Crippen molar-refractivity contribution in [3.8, 4) is 5.75 Å². The minimum atomic E-state index is -3.57. The first-order valence-electron chi connectivity index (χ1n) is 9.93. The van der Waals surface area contributed by atoms with Crippen LogP contribution in [0.5, 0.6) is 5.75 Å². The van der Waals surface area contributed by atoms with Gasteiger partial charge in [-0.1, -0.05) is 30.9 Å². The van der Waals surface area contributed by atoms with Gasteiger partial charge >= 0.3 is 0 Å². The lowest BCUT2D eigenvalue weighted by Gasteiger charge is -2.22. The Morgan fingerprint density at radius 1 is 1.03 bits per heavy atom. The molecule has 10 heteroatoms. The standard InChI is InChI=1S/C21H24ClN3O4S2/c22-15-6-10-18(11-7-15)29-14-20(26)24-21(30)23-16-8-12-19(13-9-16)31(27,28)25-17-4-2-1-3-5-17/h6-13,17,25H,1-5,14H2,(H2,23,24,26,30). The zero-order valence-electron chi connectivity index (χ0n) is 16.8. The summed E-state index contributed by atoms with van der Waals surface area (Å²) in [6.07, 6.45) is 4.99. The molecule has 1 fully saturated rings. The van der Waals surface area contributed by atoms with Crippen molar-refractivity contribution >= 4 is 50.5 Å². The maximum absolute atomic E-state index is 12.6. The summed E-state index contributed by atoms with van der Waals surface area (Å²) in [5, 5.41) is 6.02. The molecule has 2 aromatic carbocycles. The molecule has 1 amide bonds. The van der Waals surface area contributed by atoms with Gasteiger partial charge in [0.05, 0.1) is 4.90 Å². The van der Waals surface area contributed by atoms with Crippen molar-refractivity contribution in [3.63, 3.8) is 0 Å². The smallest absolute Gasteiger partial charge is 0.264 e. The van der Waals surface area contributed by atoms with Crippen molar-refractivity contribution in [1.29, 1.82) is 0 Å². The molecule has 1 aliphatic rings. The highest BCUT2D eigenvalue weighted by Crippen LogP contribution is 2.21. The first-order chi connectivity index (χ1) is 14.8. The van der Waals surface area contributed by atoms with E-state index in [1.807, 2.05) is 0 Å². The van der Waals surface area contributed by atoms with Crippen molar-refractivity contribution < 1.29 is 17.9 Å². The van der Waals surface area contributed by atoms with Gasteiger partial charge in [-0.15, -0.1) is 0 Å². The molecule has 0 spiro atoms. The van der Waals surface area contributed by atoms with E-state index < -0.39 is 15.9 Å². The lowest BCUT2D eigenvalue weighted by atomic mass is 9.96. The fraction of sp³-hybridized carbons (Fsp3) is 0.333. The minimum Gasteiger partial charge on any atom is -0.484 e. The monoisotopic (exact) mass is 481 g/mol. The quantitative estimate of drug-likeness (QED) is 0.520. The number of thiocarbonyl (C=S) groups is 1. The van der Waals surface area contributed by atoms with Gasteiger partial charge in [0.2, 0.25) is 10.0 Å². The average molecular weight is 482 g/mol. The van der Waals surface area contributed by atoms with E-state index in [4.69, 9.17) is 28.6 Å². The number of nitrogens with one attached hydrogen (secondary N) is 3. The maximum Gasteiger partial charge on any atom is 0.264 e. The number of benzene rings is 2. The highest BCUT2D eigenvalue weighted by molar-refractivity contribution is 7.89. The fourth-order valence-corrected chi connectivity index (χ4v) is 4.89. The van der Waals surface area contributed by atoms with Gasteiger partial charge in [-0.2, -0.15) is 0 Å². The molecule has 31 heavy (non-hydrogen) atoms. The van der Waals surface area contributed by atoms with Gasteiger partial charge in [0.1, 0.15) is 5.75 Å². The van der Waals surface area contributed by atoms with Crippen LogP contribution in [0.3, 0.4) is 0 Å². The molecule has 0 aliphatic heterocycles. The number of amides is 1. The van der Waals surface area contributed by atoms with Crippen LogP contribution >= 0.6 is 23.8 Å². The first-order valence-corrected chi connectivity index (χ1v) is 12.2. The molecule has 1 saturated carbocycles. The predicted octanol–water partition coefficient (Wildman–Crippen LogP) is 3.84. The Bertz CT molecular complexity index is 1010. The number of anilines is 1. The number of carbonyl (C=O) groups is 1. The Morgan fingerprint density at radius 3 is 2.32 bits per heavy atom. The Kier molecular flexibility index (Phi) is 8.25. The van der Waals surface area contributed by atoms with E-state index in [0.717, 1.165) is 32.1 Å². The van der Waals surface area contributed by atoms with Crippen LogP contribution < -0.4 is 20.1 Å². The number of hydrogen-bond donors (Lipinski definition) is 3. The van der Waals surface area contributed by atoms with Crippen LogP contribution in [0.4, 0.5) is 5.69 Å². The molecule has 166 valence electrons. The molecule has 0 atom stereocenters. The summed E-state index contributed by atoms with van der Waals surface area (Å²) in [5.74, 6) is 0.0837. The van der Waals surface area contributed by atoms with E-state index in [0.29, 0.717) is 16.5 Å². The van der Waals surface area contributed by atoms with E-state index in [1.54, 1.807) is 36.4 Å². The largest absolute Gasteiger partial charge is 0.484 e. The van der Waals surface area contributed by atoms with Gasteiger partial charge in [0.15, 0.2) is 11.7 Å². The third-order valence-corrected chi connectivity index (χ3v) is 6.78. The van der Waals surface area contributed by atoms with E-state index >= 15 is 0 Å². The summed E-state index contributed by atoms with van der Waals surface area (Å²) in [4.78, 5) is 12.2. The molecule has 0 aromatic heterocycles. The maximum atomic E-state index is 12.6.